The zero-order chi connectivity index (χ0) is 21.5. The minimum Gasteiger partial charge on any atom is -0.488 e. The van der Waals surface area contributed by atoms with Crippen molar-refractivity contribution in [1.29, 1.82) is 0 Å². The van der Waals surface area contributed by atoms with Gasteiger partial charge in [0.1, 0.15) is 18.2 Å². The maximum Gasteiger partial charge on any atom is 0.229 e. The average Bonchev–Trinajstić information content (AvgIpc) is 2.82. The lowest BCUT2D eigenvalue weighted by Gasteiger charge is -2.16. The lowest BCUT2D eigenvalue weighted by Crippen LogP contribution is -2.09. The molecule has 4 rings (SSSR count). The van der Waals surface area contributed by atoms with Crippen LogP contribution in [0, 0.1) is 5.82 Å². The molecule has 1 N–H and O–H groups in total. The fourth-order valence-corrected chi connectivity index (χ4v) is 4.38. The van der Waals surface area contributed by atoms with Gasteiger partial charge in [-0.2, -0.15) is 0 Å². The number of halogens is 2. The van der Waals surface area contributed by atoms with Gasteiger partial charge in [-0.15, -0.1) is 0 Å². The van der Waals surface area contributed by atoms with Crippen LogP contribution in [-0.4, -0.2) is 14.7 Å². The summed E-state index contributed by atoms with van der Waals surface area (Å²) in [5, 5.41) is 0.589. The van der Waals surface area contributed by atoms with Crippen LogP contribution in [0.2, 0.25) is 5.02 Å². The van der Waals surface area contributed by atoms with Crippen LogP contribution in [0.25, 0.3) is 11.1 Å². The monoisotopic (exact) mass is 443 g/mol. The van der Waals surface area contributed by atoms with Crippen molar-refractivity contribution in [1.82, 2.24) is 0 Å². The number of fused-ring (bicyclic) bond motifs is 2. The molecule has 0 aromatic heterocycles. The third kappa shape index (κ3) is 4.20. The fourth-order valence-electron chi connectivity index (χ4n) is 3.63. The summed E-state index contributed by atoms with van der Waals surface area (Å²) in [4.78, 5) is 0. The van der Waals surface area contributed by atoms with Gasteiger partial charge in [-0.1, -0.05) is 29.8 Å². The highest BCUT2D eigenvalue weighted by Crippen LogP contribution is 2.42. The van der Waals surface area contributed by atoms with E-state index in [4.69, 9.17) is 16.3 Å². The molecule has 0 amide bonds. The highest BCUT2D eigenvalue weighted by atomic mass is 35.5. The number of allylic oxidation sites excluding steroid dienone is 1. The first-order chi connectivity index (χ1) is 14.2. The summed E-state index contributed by atoms with van der Waals surface area (Å²) in [6.45, 7) is 2.21. The SMILES string of the molecule is C/C(=C1/c2ccc(Cl)cc2COc2cc(F)ccc21)c1cccc(NS(C)(=O)=O)c1. The van der Waals surface area contributed by atoms with Gasteiger partial charge in [0.2, 0.25) is 10.0 Å². The Balaban J connectivity index is 1.96. The number of hydrogen-bond acceptors (Lipinski definition) is 3. The predicted octanol–water partition coefficient (Wildman–Crippen LogP) is 5.72. The van der Waals surface area contributed by atoms with Crippen molar-refractivity contribution in [3.63, 3.8) is 0 Å². The topological polar surface area (TPSA) is 55.4 Å². The molecule has 30 heavy (non-hydrogen) atoms. The van der Waals surface area contributed by atoms with E-state index in [1.165, 1.54) is 12.1 Å². The second-order valence-corrected chi connectivity index (χ2v) is 9.37. The normalized spacial score (nSPS) is 14.8. The van der Waals surface area contributed by atoms with Gasteiger partial charge in [-0.05, 0) is 71.2 Å². The molecular weight excluding hydrogens is 425 g/mol. The van der Waals surface area contributed by atoms with Crippen LogP contribution in [-0.2, 0) is 16.6 Å². The van der Waals surface area contributed by atoms with Crippen molar-refractivity contribution in [3.05, 3.63) is 93.8 Å². The van der Waals surface area contributed by atoms with Gasteiger partial charge in [-0.3, -0.25) is 4.72 Å². The molecule has 1 heterocycles. The molecular formula is C23H19ClFNO3S. The van der Waals surface area contributed by atoms with E-state index in [0.29, 0.717) is 16.5 Å². The van der Waals surface area contributed by atoms with Gasteiger partial charge in [0.25, 0.3) is 0 Å². The molecule has 154 valence electrons. The van der Waals surface area contributed by atoms with Crippen molar-refractivity contribution in [3.8, 4) is 5.75 Å². The Morgan fingerprint density at radius 1 is 1.07 bits per heavy atom. The second kappa shape index (κ2) is 7.78. The summed E-state index contributed by atoms with van der Waals surface area (Å²) in [5.74, 6) is 0.0659. The zero-order valence-corrected chi connectivity index (χ0v) is 17.9. The Kier molecular flexibility index (Phi) is 5.30. The summed E-state index contributed by atoms with van der Waals surface area (Å²) in [6.07, 6.45) is 1.11. The standard InChI is InChI=1S/C23H19ClFNO3S/c1-14(15-4-3-5-19(11-15)26-30(2,27)28)23-20-8-6-17(24)10-16(20)13-29-22-12-18(25)7-9-21(22)23/h3-12,26H,13H2,1-2H3/b23-14+. The van der Waals surface area contributed by atoms with E-state index in [-0.39, 0.29) is 12.4 Å². The molecule has 1 aliphatic heterocycles. The summed E-state index contributed by atoms with van der Waals surface area (Å²) >= 11 is 6.20. The molecule has 1 aliphatic rings. The Morgan fingerprint density at radius 3 is 2.60 bits per heavy atom. The first-order valence-electron chi connectivity index (χ1n) is 9.22. The molecule has 0 saturated carbocycles. The Hall–Kier alpha value is -2.83. The van der Waals surface area contributed by atoms with E-state index in [2.05, 4.69) is 4.72 Å². The van der Waals surface area contributed by atoms with Crippen molar-refractivity contribution in [2.45, 2.75) is 13.5 Å². The minimum absolute atomic E-state index is 0.263. The van der Waals surface area contributed by atoms with Crippen LogP contribution in [0.15, 0.2) is 60.7 Å². The molecule has 0 aliphatic carbocycles. The molecule has 0 saturated heterocycles. The molecule has 0 unspecified atom stereocenters. The van der Waals surface area contributed by atoms with Gasteiger partial charge in [0.15, 0.2) is 0 Å². The van der Waals surface area contributed by atoms with Crippen molar-refractivity contribution >= 4 is 38.5 Å². The number of nitrogens with one attached hydrogen (secondary N) is 1. The quantitative estimate of drug-likeness (QED) is 0.563. The van der Waals surface area contributed by atoms with Crippen LogP contribution >= 0.6 is 11.6 Å². The highest BCUT2D eigenvalue weighted by Gasteiger charge is 2.22. The highest BCUT2D eigenvalue weighted by molar-refractivity contribution is 7.92. The van der Waals surface area contributed by atoms with E-state index >= 15 is 0 Å². The third-order valence-corrected chi connectivity index (χ3v) is 5.75. The second-order valence-electron chi connectivity index (χ2n) is 7.19. The van der Waals surface area contributed by atoms with Gasteiger partial charge in [0, 0.05) is 22.3 Å². The minimum atomic E-state index is -3.40. The molecule has 0 radical (unpaired) electrons. The number of sulfonamides is 1. The van der Waals surface area contributed by atoms with Gasteiger partial charge >= 0.3 is 0 Å². The van der Waals surface area contributed by atoms with E-state index < -0.39 is 10.0 Å². The molecule has 0 spiro atoms. The van der Waals surface area contributed by atoms with E-state index in [1.54, 1.807) is 24.3 Å². The van der Waals surface area contributed by atoms with Crippen LogP contribution in [0.5, 0.6) is 5.75 Å². The van der Waals surface area contributed by atoms with E-state index in [9.17, 15) is 12.8 Å². The maximum absolute atomic E-state index is 13.9. The Bertz CT molecular complexity index is 1230. The average molecular weight is 444 g/mol. The first kappa shape index (κ1) is 20.4. The molecule has 3 aromatic carbocycles. The molecule has 4 nitrogen and oxygen atoms in total. The molecule has 3 aromatic rings. The summed E-state index contributed by atoms with van der Waals surface area (Å²) in [6, 6.07) is 17.2. The lowest BCUT2D eigenvalue weighted by atomic mass is 9.88. The fraction of sp³-hybridized carbons (Fsp3) is 0.130. The van der Waals surface area contributed by atoms with Crippen LogP contribution < -0.4 is 9.46 Å². The van der Waals surface area contributed by atoms with Crippen molar-refractivity contribution in [2.24, 2.45) is 0 Å². The Labute approximate surface area is 180 Å². The van der Waals surface area contributed by atoms with Crippen molar-refractivity contribution in [2.75, 3.05) is 11.0 Å². The van der Waals surface area contributed by atoms with E-state index in [1.807, 2.05) is 31.2 Å². The number of rotatable bonds is 3. The summed E-state index contributed by atoms with van der Waals surface area (Å²) in [7, 11) is -3.40. The van der Waals surface area contributed by atoms with Crippen LogP contribution in [0.4, 0.5) is 10.1 Å². The first-order valence-corrected chi connectivity index (χ1v) is 11.5. The van der Waals surface area contributed by atoms with Gasteiger partial charge < -0.3 is 4.74 Å². The maximum atomic E-state index is 13.9. The van der Waals surface area contributed by atoms with Crippen LogP contribution in [0.3, 0.4) is 0 Å². The lowest BCUT2D eigenvalue weighted by molar-refractivity contribution is 0.305. The number of hydrogen-bond donors (Lipinski definition) is 1. The number of benzene rings is 3. The summed E-state index contributed by atoms with van der Waals surface area (Å²) < 4.78 is 45.6. The molecule has 7 heteroatoms. The summed E-state index contributed by atoms with van der Waals surface area (Å²) in [5.41, 5.74) is 5.66. The van der Waals surface area contributed by atoms with E-state index in [0.717, 1.165) is 39.7 Å². The van der Waals surface area contributed by atoms with Crippen molar-refractivity contribution < 1.29 is 17.5 Å². The molecule has 0 fully saturated rings. The Morgan fingerprint density at radius 2 is 1.83 bits per heavy atom. The number of anilines is 1. The molecule has 0 bridgehead atoms. The predicted molar refractivity (Wildman–Crippen MR) is 119 cm³/mol. The molecule has 0 atom stereocenters. The third-order valence-electron chi connectivity index (χ3n) is 4.91. The van der Waals surface area contributed by atoms with Gasteiger partial charge in [-0.25, -0.2) is 12.8 Å². The van der Waals surface area contributed by atoms with Crippen LogP contribution in [0.1, 0.15) is 29.2 Å². The van der Waals surface area contributed by atoms with Gasteiger partial charge in [0.05, 0.1) is 6.26 Å². The number of ether oxygens (including phenoxy) is 1. The smallest absolute Gasteiger partial charge is 0.229 e. The largest absolute Gasteiger partial charge is 0.488 e. The zero-order valence-electron chi connectivity index (χ0n) is 16.4.